The van der Waals surface area contributed by atoms with Crippen LogP contribution in [-0.2, 0) is 25.7 Å². The Bertz CT molecular complexity index is 1120. The van der Waals surface area contributed by atoms with Gasteiger partial charge >= 0.3 is 0 Å². The van der Waals surface area contributed by atoms with Gasteiger partial charge in [-0.2, -0.15) is 0 Å². The number of benzene rings is 1. The third-order valence-corrected chi connectivity index (χ3v) is 7.68. The highest BCUT2D eigenvalue weighted by molar-refractivity contribution is 6.09. The van der Waals surface area contributed by atoms with E-state index in [9.17, 15) is 14.4 Å². The molecule has 1 saturated carbocycles. The molecule has 3 amide bonds. The van der Waals surface area contributed by atoms with Crippen molar-refractivity contribution in [3.8, 4) is 0 Å². The molecule has 2 saturated heterocycles. The predicted molar refractivity (Wildman–Crippen MR) is 122 cm³/mol. The molecule has 2 aromatic rings. The molecule has 4 unspecified atom stereocenters. The SMILES string of the molecule is O=C(CN1C(=O)C2C3C=CC(C3)C2C1=O)Nc1ccc2c(ccn2CCN2CCOCC2)c1. The van der Waals surface area contributed by atoms with Crippen molar-refractivity contribution in [1.29, 1.82) is 0 Å². The van der Waals surface area contributed by atoms with Gasteiger partial charge in [0.15, 0.2) is 0 Å². The summed E-state index contributed by atoms with van der Waals surface area (Å²) in [5.74, 6) is -0.959. The van der Waals surface area contributed by atoms with Crippen LogP contribution in [0.5, 0.6) is 0 Å². The number of nitrogens with one attached hydrogen (secondary N) is 1. The van der Waals surface area contributed by atoms with Gasteiger partial charge in [0.25, 0.3) is 0 Å². The van der Waals surface area contributed by atoms with Crippen LogP contribution in [0, 0.1) is 23.7 Å². The van der Waals surface area contributed by atoms with Crippen LogP contribution in [0.1, 0.15) is 6.42 Å². The van der Waals surface area contributed by atoms with Gasteiger partial charge in [0.2, 0.25) is 17.7 Å². The molecule has 1 aromatic carbocycles. The van der Waals surface area contributed by atoms with E-state index in [4.69, 9.17) is 4.74 Å². The van der Waals surface area contributed by atoms with Crippen LogP contribution in [0.2, 0.25) is 0 Å². The summed E-state index contributed by atoms with van der Waals surface area (Å²) < 4.78 is 7.63. The Kier molecular flexibility index (Phi) is 5.07. The fraction of sp³-hybridized carbons (Fsp3) is 0.480. The summed E-state index contributed by atoms with van der Waals surface area (Å²) in [6.45, 7) is 5.18. The lowest BCUT2D eigenvalue weighted by molar-refractivity contribution is -0.143. The zero-order chi connectivity index (χ0) is 22.5. The lowest BCUT2D eigenvalue weighted by Gasteiger charge is -2.26. The van der Waals surface area contributed by atoms with Gasteiger partial charge < -0.3 is 14.6 Å². The van der Waals surface area contributed by atoms with Crippen molar-refractivity contribution in [3.05, 3.63) is 42.6 Å². The Hall–Kier alpha value is -2.97. The molecule has 8 nitrogen and oxygen atoms in total. The molecule has 3 fully saturated rings. The van der Waals surface area contributed by atoms with Crippen LogP contribution in [0.15, 0.2) is 42.6 Å². The molecule has 4 atom stereocenters. The van der Waals surface area contributed by atoms with E-state index in [0.717, 1.165) is 61.6 Å². The number of carbonyl (C=O) groups is 3. The van der Waals surface area contributed by atoms with Crippen molar-refractivity contribution >= 4 is 34.3 Å². The third kappa shape index (κ3) is 3.57. The fourth-order valence-corrected chi connectivity index (χ4v) is 6.01. The zero-order valence-corrected chi connectivity index (χ0v) is 18.5. The number of anilines is 1. The van der Waals surface area contributed by atoms with E-state index >= 15 is 0 Å². The van der Waals surface area contributed by atoms with Crippen molar-refractivity contribution in [1.82, 2.24) is 14.4 Å². The van der Waals surface area contributed by atoms with Crippen LogP contribution in [0.3, 0.4) is 0 Å². The molecule has 0 spiro atoms. The molecule has 0 radical (unpaired) electrons. The maximum absolute atomic E-state index is 12.8. The lowest BCUT2D eigenvalue weighted by Crippen LogP contribution is -2.39. The number of amides is 3. The predicted octanol–water partition coefficient (Wildman–Crippen LogP) is 1.72. The van der Waals surface area contributed by atoms with E-state index in [1.807, 2.05) is 24.3 Å². The smallest absolute Gasteiger partial charge is 0.244 e. The Morgan fingerprint density at radius 1 is 1.00 bits per heavy atom. The van der Waals surface area contributed by atoms with Crippen LogP contribution in [0.25, 0.3) is 10.9 Å². The number of carbonyl (C=O) groups excluding carboxylic acids is 3. The summed E-state index contributed by atoms with van der Waals surface area (Å²) in [5, 5.41) is 3.91. The minimum atomic E-state index is -0.344. The largest absolute Gasteiger partial charge is 0.379 e. The second-order valence-electron chi connectivity index (χ2n) is 9.55. The molecule has 8 heteroatoms. The second-order valence-corrected chi connectivity index (χ2v) is 9.55. The van der Waals surface area contributed by atoms with Crippen molar-refractivity contribution in [2.24, 2.45) is 23.7 Å². The molecule has 2 bridgehead atoms. The van der Waals surface area contributed by atoms with E-state index in [2.05, 4.69) is 33.1 Å². The maximum atomic E-state index is 12.8. The van der Waals surface area contributed by atoms with Crippen molar-refractivity contribution < 1.29 is 19.1 Å². The Labute approximate surface area is 192 Å². The van der Waals surface area contributed by atoms with Gasteiger partial charge in [-0.05, 0) is 42.5 Å². The molecular weight excluding hydrogens is 420 g/mol. The van der Waals surface area contributed by atoms with Gasteiger partial charge in [-0.1, -0.05) is 12.2 Å². The van der Waals surface area contributed by atoms with E-state index in [-0.39, 0.29) is 47.9 Å². The van der Waals surface area contributed by atoms with Gasteiger partial charge in [-0.25, -0.2) is 0 Å². The molecule has 3 heterocycles. The van der Waals surface area contributed by atoms with Gasteiger partial charge in [0.05, 0.1) is 25.0 Å². The lowest BCUT2D eigenvalue weighted by atomic mass is 9.85. The first kappa shape index (κ1) is 20.6. The number of rotatable bonds is 6. The molecule has 33 heavy (non-hydrogen) atoms. The monoisotopic (exact) mass is 448 g/mol. The number of nitrogens with zero attached hydrogens (tertiary/aromatic N) is 3. The van der Waals surface area contributed by atoms with Crippen molar-refractivity contribution in [2.75, 3.05) is 44.7 Å². The normalized spacial score (nSPS) is 28.8. The van der Waals surface area contributed by atoms with E-state index in [1.165, 1.54) is 0 Å². The number of fused-ring (bicyclic) bond motifs is 6. The number of imide groups is 1. The molecule has 1 N–H and O–H groups in total. The number of hydrogen-bond acceptors (Lipinski definition) is 5. The topological polar surface area (TPSA) is 83.9 Å². The number of hydrogen-bond donors (Lipinski definition) is 1. The molecule has 6 rings (SSSR count). The maximum Gasteiger partial charge on any atom is 0.244 e. The highest BCUT2D eigenvalue weighted by atomic mass is 16.5. The van der Waals surface area contributed by atoms with Crippen LogP contribution in [0.4, 0.5) is 5.69 Å². The quantitative estimate of drug-likeness (QED) is 0.538. The summed E-state index contributed by atoms with van der Waals surface area (Å²) in [6, 6.07) is 7.86. The molecule has 2 aliphatic carbocycles. The summed E-state index contributed by atoms with van der Waals surface area (Å²) in [6.07, 6.45) is 7.07. The molecule has 2 aliphatic heterocycles. The van der Waals surface area contributed by atoms with Gasteiger partial charge in [-0.3, -0.25) is 24.2 Å². The molecule has 1 aromatic heterocycles. The Morgan fingerprint density at radius 2 is 1.73 bits per heavy atom. The van der Waals surface area contributed by atoms with E-state index < -0.39 is 0 Å². The van der Waals surface area contributed by atoms with Crippen LogP contribution >= 0.6 is 0 Å². The van der Waals surface area contributed by atoms with E-state index in [0.29, 0.717) is 5.69 Å². The van der Waals surface area contributed by atoms with Gasteiger partial charge in [0.1, 0.15) is 6.54 Å². The first-order chi connectivity index (χ1) is 16.1. The summed E-state index contributed by atoms with van der Waals surface area (Å²) in [4.78, 5) is 41.9. The standard InChI is InChI=1S/C25H28N4O4/c30-21(15-29-24(31)22-17-1-2-18(13-17)23(22)25(29)32)26-19-3-4-20-16(14-19)5-6-28(20)8-7-27-9-11-33-12-10-27/h1-6,14,17-18,22-23H,7-13,15H2,(H,26,30). The number of ether oxygens (including phenoxy) is 1. The zero-order valence-electron chi connectivity index (χ0n) is 18.5. The van der Waals surface area contributed by atoms with E-state index in [1.54, 1.807) is 0 Å². The number of morpholine rings is 1. The number of allylic oxidation sites excluding steroid dienone is 2. The number of aromatic nitrogens is 1. The van der Waals surface area contributed by atoms with Gasteiger partial charge in [-0.15, -0.1) is 0 Å². The number of likely N-dealkylation sites (tertiary alicyclic amines) is 1. The molecular formula is C25H28N4O4. The summed E-state index contributed by atoms with van der Waals surface area (Å²) in [7, 11) is 0. The second kappa shape index (κ2) is 8.11. The minimum Gasteiger partial charge on any atom is -0.379 e. The summed E-state index contributed by atoms with van der Waals surface area (Å²) in [5.41, 5.74) is 1.78. The third-order valence-electron chi connectivity index (χ3n) is 7.68. The van der Waals surface area contributed by atoms with Crippen molar-refractivity contribution in [2.45, 2.75) is 13.0 Å². The minimum absolute atomic E-state index is 0.152. The van der Waals surface area contributed by atoms with Crippen LogP contribution < -0.4 is 5.32 Å². The highest BCUT2D eigenvalue weighted by Crippen LogP contribution is 2.52. The molecule has 172 valence electrons. The first-order valence-electron chi connectivity index (χ1n) is 11.8. The first-order valence-corrected chi connectivity index (χ1v) is 11.8. The van der Waals surface area contributed by atoms with Crippen molar-refractivity contribution in [3.63, 3.8) is 0 Å². The Morgan fingerprint density at radius 3 is 2.45 bits per heavy atom. The average Bonchev–Trinajstić information content (AvgIpc) is 3.59. The molecule has 4 aliphatic rings. The highest BCUT2D eigenvalue weighted by Gasteiger charge is 2.59. The average molecular weight is 449 g/mol. The fourth-order valence-electron chi connectivity index (χ4n) is 6.01. The summed E-state index contributed by atoms with van der Waals surface area (Å²) >= 11 is 0. The Balaban J connectivity index is 1.09. The van der Waals surface area contributed by atoms with Gasteiger partial charge in [0, 0.05) is 49.0 Å². The van der Waals surface area contributed by atoms with Crippen LogP contribution in [-0.4, -0.2) is 71.5 Å².